The second-order valence-corrected chi connectivity index (χ2v) is 12.0. The number of aliphatic hydroxyl groups excluding tert-OH is 2. The largest absolute Gasteiger partial charge is 0.391 e. The van der Waals surface area contributed by atoms with Gasteiger partial charge in [0, 0.05) is 25.7 Å². The van der Waals surface area contributed by atoms with Crippen LogP contribution in [0.4, 0.5) is 8.78 Å². The first-order valence-corrected chi connectivity index (χ1v) is 13.7. The second-order valence-electron chi connectivity index (χ2n) is 10.9. The molecule has 0 aromatic rings. The van der Waals surface area contributed by atoms with Crippen molar-refractivity contribution >= 4 is 35.0 Å². The molecule has 10 atom stereocenters. The Bertz CT molecular complexity index is 751. The van der Waals surface area contributed by atoms with Crippen molar-refractivity contribution in [1.29, 1.82) is 0 Å². The van der Waals surface area contributed by atoms with Gasteiger partial charge in [0.05, 0.1) is 46.2 Å². The number of hydrogen-bond donors (Lipinski definition) is 4. The Morgan fingerprint density at radius 1 is 0.778 bits per heavy atom. The van der Waals surface area contributed by atoms with Crippen LogP contribution in [0.5, 0.6) is 0 Å². The molecule has 2 amide bonds. The summed E-state index contributed by atoms with van der Waals surface area (Å²) in [6, 6.07) is 0. The molecule has 36 heavy (non-hydrogen) atoms. The van der Waals surface area contributed by atoms with Crippen LogP contribution in [0.2, 0.25) is 0 Å². The number of ether oxygens (including phenoxy) is 2. The number of alkyl halides is 4. The molecule has 206 valence electrons. The van der Waals surface area contributed by atoms with Crippen molar-refractivity contribution in [2.24, 2.45) is 0 Å². The number of carbonyl (C=O) groups excluding carboxylic acids is 2. The van der Waals surface area contributed by atoms with E-state index in [0.717, 1.165) is 0 Å². The van der Waals surface area contributed by atoms with Gasteiger partial charge in [0.15, 0.2) is 0 Å². The van der Waals surface area contributed by atoms with Gasteiger partial charge in [0.25, 0.3) is 0 Å². The zero-order chi connectivity index (χ0) is 26.1. The zero-order valence-corrected chi connectivity index (χ0v) is 21.7. The molecule has 8 unspecified atom stereocenters. The fraction of sp³-hybridized carbons (Fsp3) is 0.917. The van der Waals surface area contributed by atoms with Crippen LogP contribution in [-0.4, -0.2) is 93.8 Å². The van der Waals surface area contributed by atoms with E-state index in [4.69, 9.17) is 32.7 Å². The third-order valence-corrected chi connectivity index (χ3v) is 9.36. The van der Waals surface area contributed by atoms with E-state index in [-0.39, 0.29) is 38.9 Å². The minimum Gasteiger partial charge on any atom is -0.391 e. The third kappa shape index (κ3) is 6.26. The number of nitrogens with one attached hydrogen (secondary N) is 2. The van der Waals surface area contributed by atoms with Crippen LogP contribution in [0.1, 0.15) is 64.2 Å². The van der Waals surface area contributed by atoms with Crippen molar-refractivity contribution in [1.82, 2.24) is 10.6 Å². The first-order valence-electron chi connectivity index (χ1n) is 12.8. The number of fused-ring (bicyclic) bond motifs is 3. The standard InChI is InChI=1S/C24H36Cl2F2N2O6/c25-15-3-1-13(7-17(15)27)35-11-21(33)29-23-5-6-24(10-19(23)31,20(32)9-23)30-22(34)12-36-14-2-4-16(26)18(28)8-14/h13-20,31-32H,1-12H2,(H,29,33)(H,30,34)/t13?,14?,15?,16?,17?,18?,19-,20+,23?,24?. The van der Waals surface area contributed by atoms with Crippen molar-refractivity contribution in [3.8, 4) is 0 Å². The number of rotatable bonds is 8. The number of hydrogen-bond acceptors (Lipinski definition) is 6. The minimum atomic E-state index is -1.17. The molecule has 0 spiro atoms. The summed E-state index contributed by atoms with van der Waals surface area (Å²) >= 11 is 11.8. The summed E-state index contributed by atoms with van der Waals surface area (Å²) in [6.07, 6.45) is -1.89. The van der Waals surface area contributed by atoms with E-state index in [9.17, 15) is 28.6 Å². The highest BCUT2D eigenvalue weighted by molar-refractivity contribution is 6.21. The Morgan fingerprint density at radius 3 is 1.50 bits per heavy atom. The molecule has 8 nitrogen and oxygen atoms in total. The van der Waals surface area contributed by atoms with Crippen LogP contribution in [0.15, 0.2) is 0 Å². The average molecular weight is 557 g/mol. The van der Waals surface area contributed by atoms with Gasteiger partial charge in [-0.05, 0) is 38.5 Å². The lowest BCUT2D eigenvalue weighted by Crippen LogP contribution is -2.75. The summed E-state index contributed by atoms with van der Waals surface area (Å²) in [7, 11) is 0. The molecule has 4 N–H and O–H groups in total. The summed E-state index contributed by atoms with van der Waals surface area (Å²) < 4.78 is 38.8. The molecule has 5 saturated carbocycles. The maximum absolute atomic E-state index is 13.8. The summed E-state index contributed by atoms with van der Waals surface area (Å²) in [4.78, 5) is 25.2. The van der Waals surface area contributed by atoms with Crippen molar-refractivity contribution in [2.45, 2.75) is 123 Å². The Balaban J connectivity index is 1.25. The summed E-state index contributed by atoms with van der Waals surface area (Å²) in [5.74, 6) is -0.899. The van der Waals surface area contributed by atoms with Crippen LogP contribution in [0.3, 0.4) is 0 Å². The minimum absolute atomic E-state index is 0.0637. The Hall–Kier alpha value is -0.780. The van der Waals surface area contributed by atoms with Crippen LogP contribution in [-0.2, 0) is 19.1 Å². The molecular formula is C24H36Cl2F2N2O6. The fourth-order valence-corrected chi connectivity index (χ4v) is 6.59. The fourth-order valence-electron chi connectivity index (χ4n) is 6.13. The highest BCUT2D eigenvalue weighted by Crippen LogP contribution is 2.47. The Kier molecular flexibility index (Phi) is 9.05. The van der Waals surface area contributed by atoms with Gasteiger partial charge in [-0.15, -0.1) is 23.2 Å². The van der Waals surface area contributed by atoms with Gasteiger partial charge in [0.2, 0.25) is 11.8 Å². The Morgan fingerprint density at radius 2 is 1.17 bits per heavy atom. The lowest BCUT2D eigenvalue weighted by atomic mass is 9.58. The Labute approximate surface area is 219 Å². The molecule has 0 radical (unpaired) electrons. The zero-order valence-electron chi connectivity index (χ0n) is 20.1. The monoisotopic (exact) mass is 556 g/mol. The second kappa shape index (κ2) is 11.5. The average Bonchev–Trinajstić information content (AvgIpc) is 2.82. The van der Waals surface area contributed by atoms with Crippen LogP contribution >= 0.6 is 23.2 Å². The van der Waals surface area contributed by atoms with Gasteiger partial charge in [-0.25, -0.2) is 8.78 Å². The molecule has 5 rings (SSSR count). The molecular weight excluding hydrogens is 521 g/mol. The normalized spacial score (nSPS) is 44.7. The quantitative estimate of drug-likeness (QED) is 0.340. The van der Waals surface area contributed by atoms with E-state index in [1.165, 1.54) is 0 Å². The van der Waals surface area contributed by atoms with Gasteiger partial charge in [-0.1, -0.05) is 0 Å². The molecule has 0 heterocycles. The van der Waals surface area contributed by atoms with E-state index >= 15 is 0 Å². The van der Waals surface area contributed by atoms with E-state index < -0.39 is 70.4 Å². The lowest BCUT2D eigenvalue weighted by Gasteiger charge is -2.58. The van der Waals surface area contributed by atoms with E-state index in [1.54, 1.807) is 0 Å². The summed E-state index contributed by atoms with van der Waals surface area (Å²) in [6.45, 7) is -0.557. The predicted octanol–water partition coefficient (Wildman–Crippen LogP) is 2.03. The molecule has 5 aliphatic rings. The molecule has 0 aliphatic heterocycles. The molecule has 0 aromatic heterocycles. The van der Waals surface area contributed by atoms with Gasteiger partial charge in [0.1, 0.15) is 25.6 Å². The van der Waals surface area contributed by atoms with Crippen LogP contribution in [0.25, 0.3) is 0 Å². The number of amides is 2. The summed E-state index contributed by atoms with van der Waals surface area (Å²) in [5, 5.41) is 26.4. The van der Waals surface area contributed by atoms with Crippen molar-refractivity contribution in [3.63, 3.8) is 0 Å². The number of halogens is 4. The van der Waals surface area contributed by atoms with Gasteiger partial charge < -0.3 is 30.3 Å². The molecule has 2 bridgehead atoms. The topological polar surface area (TPSA) is 117 Å². The number of aliphatic hydroxyl groups is 2. The predicted molar refractivity (Wildman–Crippen MR) is 128 cm³/mol. The third-order valence-electron chi connectivity index (χ3n) is 8.38. The van der Waals surface area contributed by atoms with E-state index in [0.29, 0.717) is 38.5 Å². The van der Waals surface area contributed by atoms with Crippen LogP contribution < -0.4 is 10.6 Å². The summed E-state index contributed by atoms with van der Waals surface area (Å²) in [5.41, 5.74) is -2.06. The van der Waals surface area contributed by atoms with Crippen molar-refractivity contribution in [3.05, 3.63) is 0 Å². The molecule has 5 aliphatic carbocycles. The maximum atomic E-state index is 13.8. The van der Waals surface area contributed by atoms with Crippen molar-refractivity contribution in [2.75, 3.05) is 13.2 Å². The highest BCUT2D eigenvalue weighted by Gasteiger charge is 2.60. The molecule has 5 fully saturated rings. The first-order chi connectivity index (χ1) is 17.0. The lowest BCUT2D eigenvalue weighted by molar-refractivity contribution is -0.156. The highest BCUT2D eigenvalue weighted by atomic mass is 35.5. The smallest absolute Gasteiger partial charge is 0.246 e. The number of carbonyl (C=O) groups is 2. The van der Waals surface area contributed by atoms with Gasteiger partial charge >= 0.3 is 0 Å². The molecule has 0 saturated heterocycles. The van der Waals surface area contributed by atoms with E-state index in [1.807, 2.05) is 0 Å². The van der Waals surface area contributed by atoms with Crippen LogP contribution in [0, 0.1) is 0 Å². The van der Waals surface area contributed by atoms with Crippen molar-refractivity contribution < 1.29 is 38.1 Å². The van der Waals surface area contributed by atoms with Gasteiger partial charge in [-0.2, -0.15) is 0 Å². The SMILES string of the molecule is O=C(COC1CCC(Cl)C(F)C1)NC12CCC(NC(=O)COC3CCC(Cl)C(F)C3)(C[C@H]1O)[C@@H](O)C2. The van der Waals surface area contributed by atoms with Gasteiger partial charge in [-0.3, -0.25) is 9.59 Å². The molecule has 12 heteroatoms. The maximum Gasteiger partial charge on any atom is 0.246 e. The molecule has 0 aromatic carbocycles. The first kappa shape index (κ1) is 28.2. The van der Waals surface area contributed by atoms with E-state index in [2.05, 4.69) is 10.6 Å².